The van der Waals surface area contributed by atoms with Crippen LogP contribution in [0.15, 0.2) is 29.2 Å². The highest BCUT2D eigenvalue weighted by atomic mass is 32.2. The molecule has 6 nitrogen and oxygen atoms in total. The van der Waals surface area contributed by atoms with Gasteiger partial charge in [-0.2, -0.15) is 5.10 Å². The molecule has 1 aromatic carbocycles. The summed E-state index contributed by atoms with van der Waals surface area (Å²) < 4.78 is 25.1. The van der Waals surface area contributed by atoms with Crippen LogP contribution in [0.1, 0.15) is 25.2 Å². The zero-order valence-electron chi connectivity index (χ0n) is 11.5. The molecule has 0 saturated carbocycles. The molecule has 0 unspecified atom stereocenters. The molecule has 108 valence electrons. The van der Waals surface area contributed by atoms with Gasteiger partial charge in [-0.1, -0.05) is 13.8 Å². The van der Waals surface area contributed by atoms with E-state index in [1.165, 1.54) is 6.07 Å². The van der Waals surface area contributed by atoms with Gasteiger partial charge in [0, 0.05) is 11.4 Å². The lowest BCUT2D eigenvalue weighted by molar-refractivity contribution is 0.596. The van der Waals surface area contributed by atoms with Gasteiger partial charge in [-0.3, -0.25) is 0 Å². The van der Waals surface area contributed by atoms with Gasteiger partial charge in [0.15, 0.2) is 0 Å². The maximum absolute atomic E-state index is 11.7. The quantitative estimate of drug-likeness (QED) is 0.827. The second-order valence-electron chi connectivity index (χ2n) is 4.52. The van der Waals surface area contributed by atoms with Crippen molar-refractivity contribution in [2.75, 3.05) is 5.73 Å². The van der Waals surface area contributed by atoms with Crippen molar-refractivity contribution in [3.8, 4) is 5.69 Å². The maximum atomic E-state index is 11.7. The van der Waals surface area contributed by atoms with Crippen LogP contribution in [0, 0.1) is 0 Å². The van der Waals surface area contributed by atoms with Crippen LogP contribution in [0.4, 0.5) is 5.69 Å². The van der Waals surface area contributed by atoms with Crippen molar-refractivity contribution in [3.63, 3.8) is 0 Å². The molecule has 4 N–H and O–H groups in total. The number of sulfonamides is 1. The second kappa shape index (κ2) is 5.26. The minimum atomic E-state index is -3.87. The Morgan fingerprint density at radius 1 is 1.20 bits per heavy atom. The molecule has 0 atom stereocenters. The SMILES string of the molecule is CCc1cc(CC)n(-c2ccc(N)cc2S(N)(=O)=O)n1. The summed E-state index contributed by atoms with van der Waals surface area (Å²) in [6.45, 7) is 3.98. The average Bonchev–Trinajstić information content (AvgIpc) is 2.81. The number of aromatic nitrogens is 2. The number of benzene rings is 1. The Balaban J connectivity index is 2.73. The summed E-state index contributed by atoms with van der Waals surface area (Å²) in [6.07, 6.45) is 1.51. The molecular weight excluding hydrogens is 276 g/mol. The molecule has 2 rings (SSSR count). The molecule has 0 radical (unpaired) electrons. The van der Waals surface area contributed by atoms with E-state index in [0.717, 1.165) is 24.2 Å². The van der Waals surface area contributed by atoms with Crippen molar-refractivity contribution in [3.05, 3.63) is 35.7 Å². The zero-order valence-corrected chi connectivity index (χ0v) is 12.3. The molecule has 0 bridgehead atoms. The molecule has 0 aliphatic heterocycles. The van der Waals surface area contributed by atoms with Crippen LogP contribution in [-0.4, -0.2) is 18.2 Å². The lowest BCUT2D eigenvalue weighted by Gasteiger charge is -2.11. The molecule has 0 saturated heterocycles. The Morgan fingerprint density at radius 3 is 2.45 bits per heavy atom. The van der Waals surface area contributed by atoms with Crippen LogP contribution in [-0.2, 0) is 22.9 Å². The number of primary sulfonamides is 1. The Bertz CT molecular complexity index is 735. The van der Waals surface area contributed by atoms with Gasteiger partial charge in [0.1, 0.15) is 4.90 Å². The van der Waals surface area contributed by atoms with Crippen molar-refractivity contribution < 1.29 is 8.42 Å². The summed E-state index contributed by atoms with van der Waals surface area (Å²) in [5.41, 5.74) is 8.26. The van der Waals surface area contributed by atoms with E-state index in [2.05, 4.69) is 5.10 Å². The predicted molar refractivity (Wildman–Crippen MR) is 78.1 cm³/mol. The van der Waals surface area contributed by atoms with Gasteiger partial charge in [-0.25, -0.2) is 18.2 Å². The van der Waals surface area contributed by atoms with Gasteiger partial charge >= 0.3 is 0 Å². The highest BCUT2D eigenvalue weighted by Crippen LogP contribution is 2.23. The summed E-state index contributed by atoms with van der Waals surface area (Å²) in [6, 6.07) is 6.58. The van der Waals surface area contributed by atoms with Crippen molar-refractivity contribution in [1.29, 1.82) is 0 Å². The van der Waals surface area contributed by atoms with Crippen LogP contribution in [0.2, 0.25) is 0 Å². The molecule has 0 fully saturated rings. The average molecular weight is 294 g/mol. The lowest BCUT2D eigenvalue weighted by atomic mass is 10.2. The molecule has 0 aliphatic rings. The fourth-order valence-corrected chi connectivity index (χ4v) is 2.79. The first-order valence-corrected chi connectivity index (χ1v) is 7.92. The lowest BCUT2D eigenvalue weighted by Crippen LogP contribution is -2.17. The first kappa shape index (κ1) is 14.5. The van der Waals surface area contributed by atoms with E-state index in [-0.39, 0.29) is 4.90 Å². The topological polar surface area (TPSA) is 104 Å². The van der Waals surface area contributed by atoms with Gasteiger partial charge in [0.25, 0.3) is 0 Å². The van der Waals surface area contributed by atoms with E-state index < -0.39 is 10.0 Å². The van der Waals surface area contributed by atoms with E-state index in [0.29, 0.717) is 11.4 Å². The van der Waals surface area contributed by atoms with E-state index in [9.17, 15) is 8.42 Å². The smallest absolute Gasteiger partial charge is 0.240 e. The summed E-state index contributed by atoms with van der Waals surface area (Å²) in [5.74, 6) is 0. The van der Waals surface area contributed by atoms with E-state index in [4.69, 9.17) is 10.9 Å². The normalized spacial score (nSPS) is 11.8. The van der Waals surface area contributed by atoms with Crippen LogP contribution < -0.4 is 10.9 Å². The molecule has 7 heteroatoms. The van der Waals surface area contributed by atoms with Crippen LogP contribution in [0.25, 0.3) is 5.69 Å². The fourth-order valence-electron chi connectivity index (χ4n) is 2.04. The van der Waals surface area contributed by atoms with E-state index in [1.54, 1.807) is 16.8 Å². The predicted octanol–water partition coefficient (Wildman–Crippen LogP) is 1.23. The Kier molecular flexibility index (Phi) is 3.82. The minimum Gasteiger partial charge on any atom is -0.399 e. The largest absolute Gasteiger partial charge is 0.399 e. The highest BCUT2D eigenvalue weighted by molar-refractivity contribution is 7.89. The number of anilines is 1. The number of hydrogen-bond donors (Lipinski definition) is 2. The first-order chi connectivity index (χ1) is 9.36. The number of nitrogens with zero attached hydrogens (tertiary/aromatic N) is 2. The molecule has 0 aliphatic carbocycles. The molecule has 1 heterocycles. The van der Waals surface area contributed by atoms with Gasteiger partial charge in [0.05, 0.1) is 11.4 Å². The monoisotopic (exact) mass is 294 g/mol. The van der Waals surface area contributed by atoms with Crippen LogP contribution in [0.3, 0.4) is 0 Å². The zero-order chi connectivity index (χ0) is 14.9. The van der Waals surface area contributed by atoms with Crippen molar-refractivity contribution in [2.24, 2.45) is 5.14 Å². The minimum absolute atomic E-state index is 0.0158. The van der Waals surface area contributed by atoms with Gasteiger partial charge in [-0.05, 0) is 37.1 Å². The third kappa shape index (κ3) is 2.68. The number of nitrogens with two attached hydrogens (primary N) is 2. The molecule has 0 spiro atoms. The van der Waals surface area contributed by atoms with E-state index in [1.807, 2.05) is 19.9 Å². The molecule has 20 heavy (non-hydrogen) atoms. The van der Waals surface area contributed by atoms with Crippen LogP contribution in [0.5, 0.6) is 0 Å². The first-order valence-electron chi connectivity index (χ1n) is 6.37. The van der Waals surface area contributed by atoms with Crippen molar-refractivity contribution >= 4 is 15.7 Å². The Morgan fingerprint density at radius 2 is 1.90 bits per heavy atom. The van der Waals surface area contributed by atoms with Crippen molar-refractivity contribution in [1.82, 2.24) is 9.78 Å². The second-order valence-corrected chi connectivity index (χ2v) is 6.05. The van der Waals surface area contributed by atoms with E-state index >= 15 is 0 Å². The summed E-state index contributed by atoms with van der Waals surface area (Å²) >= 11 is 0. The number of nitrogen functional groups attached to an aromatic ring is 1. The van der Waals surface area contributed by atoms with Crippen LogP contribution >= 0.6 is 0 Å². The summed E-state index contributed by atoms with van der Waals surface area (Å²) in [4.78, 5) is -0.0158. The van der Waals surface area contributed by atoms with Gasteiger partial charge in [-0.15, -0.1) is 0 Å². The summed E-state index contributed by atoms with van der Waals surface area (Å²) in [7, 11) is -3.87. The maximum Gasteiger partial charge on any atom is 0.240 e. The van der Waals surface area contributed by atoms with Gasteiger partial charge < -0.3 is 5.73 Å². The number of hydrogen-bond acceptors (Lipinski definition) is 4. The third-order valence-electron chi connectivity index (χ3n) is 3.08. The van der Waals surface area contributed by atoms with Gasteiger partial charge in [0.2, 0.25) is 10.0 Å². The highest BCUT2D eigenvalue weighted by Gasteiger charge is 2.18. The Labute approximate surface area is 118 Å². The third-order valence-corrected chi connectivity index (χ3v) is 4.02. The molecule has 1 aromatic heterocycles. The fraction of sp³-hybridized carbons (Fsp3) is 0.308. The molecule has 2 aromatic rings. The molecular formula is C13H18N4O2S. The number of aryl methyl sites for hydroxylation is 2. The van der Waals surface area contributed by atoms with Crippen molar-refractivity contribution in [2.45, 2.75) is 31.6 Å². The Hall–Kier alpha value is -1.86. The standard InChI is InChI=1S/C13H18N4O2S/c1-3-10-8-11(4-2)17(16-10)12-6-5-9(14)7-13(12)20(15,18)19/h5-8H,3-4,14H2,1-2H3,(H2,15,18,19). The summed E-state index contributed by atoms with van der Waals surface area (Å²) in [5, 5.41) is 9.70. The number of rotatable bonds is 4. The molecule has 0 amide bonds.